The minimum absolute atomic E-state index is 0.704. The van der Waals surface area contributed by atoms with Crippen LogP contribution in [0, 0.1) is 0 Å². The number of benzene rings is 1. The number of aliphatic imine (C=N–C) groups is 1. The van der Waals surface area contributed by atoms with E-state index in [2.05, 4.69) is 20.6 Å². The zero-order chi connectivity index (χ0) is 13.5. The van der Waals surface area contributed by atoms with Gasteiger partial charge in [-0.2, -0.15) is 0 Å². The second-order valence-electron chi connectivity index (χ2n) is 4.23. The average molecular weight is 280 g/mol. The van der Waals surface area contributed by atoms with Crippen molar-refractivity contribution in [3.8, 4) is 0 Å². The lowest BCUT2D eigenvalue weighted by molar-refractivity contribution is 0.366. The number of hydrogen-bond donors (Lipinski definition) is 3. The van der Waals surface area contributed by atoms with Crippen LogP contribution in [-0.4, -0.2) is 37.4 Å². The molecule has 1 aliphatic rings. The number of rotatable bonds is 4. The van der Waals surface area contributed by atoms with Gasteiger partial charge in [0, 0.05) is 43.0 Å². The molecule has 19 heavy (non-hydrogen) atoms. The third kappa shape index (κ3) is 4.24. The van der Waals surface area contributed by atoms with Crippen molar-refractivity contribution in [2.45, 2.75) is 0 Å². The van der Waals surface area contributed by atoms with Crippen molar-refractivity contribution >= 4 is 23.6 Å². The van der Waals surface area contributed by atoms with Gasteiger partial charge in [0.2, 0.25) is 0 Å². The SMILES string of the molecule is NN/C=C(\N=C\N1CCNCC1)c1ccc(Cl)cc1. The maximum absolute atomic E-state index is 5.88. The highest BCUT2D eigenvalue weighted by Gasteiger charge is 2.06. The Morgan fingerprint density at radius 3 is 2.63 bits per heavy atom. The normalized spacial score (nSPS) is 16.9. The van der Waals surface area contributed by atoms with Crippen LogP contribution >= 0.6 is 11.6 Å². The van der Waals surface area contributed by atoms with Gasteiger partial charge >= 0.3 is 0 Å². The molecule has 0 bridgehead atoms. The first-order chi connectivity index (χ1) is 9.29. The van der Waals surface area contributed by atoms with Crippen LogP contribution in [0.2, 0.25) is 5.02 Å². The summed E-state index contributed by atoms with van der Waals surface area (Å²) in [6.07, 6.45) is 3.53. The van der Waals surface area contributed by atoms with Gasteiger partial charge in [0.1, 0.15) is 0 Å². The summed E-state index contributed by atoms with van der Waals surface area (Å²) in [6, 6.07) is 7.50. The Balaban J connectivity index is 2.09. The predicted octanol–water partition coefficient (Wildman–Crippen LogP) is 1.04. The van der Waals surface area contributed by atoms with E-state index in [4.69, 9.17) is 17.4 Å². The Hall–Kier alpha value is -1.56. The number of hydrazine groups is 1. The molecule has 1 heterocycles. The van der Waals surface area contributed by atoms with Gasteiger partial charge in [0.05, 0.1) is 12.0 Å². The van der Waals surface area contributed by atoms with Crippen molar-refractivity contribution < 1.29 is 0 Å². The summed E-state index contributed by atoms with van der Waals surface area (Å²) in [6.45, 7) is 3.91. The molecule has 0 amide bonds. The lowest BCUT2D eigenvalue weighted by Gasteiger charge is -2.24. The molecular weight excluding hydrogens is 262 g/mol. The van der Waals surface area contributed by atoms with E-state index >= 15 is 0 Å². The molecule has 1 aliphatic heterocycles. The molecule has 1 aromatic carbocycles. The van der Waals surface area contributed by atoms with Crippen LogP contribution in [0.25, 0.3) is 5.70 Å². The van der Waals surface area contributed by atoms with E-state index in [0.717, 1.165) is 37.4 Å². The zero-order valence-corrected chi connectivity index (χ0v) is 11.4. The summed E-state index contributed by atoms with van der Waals surface area (Å²) in [4.78, 5) is 6.66. The van der Waals surface area contributed by atoms with E-state index in [1.807, 2.05) is 30.6 Å². The van der Waals surface area contributed by atoms with E-state index in [-0.39, 0.29) is 0 Å². The molecule has 102 valence electrons. The summed E-state index contributed by atoms with van der Waals surface area (Å²) in [5.41, 5.74) is 4.27. The average Bonchev–Trinajstić information content (AvgIpc) is 2.46. The third-order valence-electron chi connectivity index (χ3n) is 2.87. The fourth-order valence-corrected chi connectivity index (χ4v) is 1.96. The summed E-state index contributed by atoms with van der Waals surface area (Å²) < 4.78 is 0. The van der Waals surface area contributed by atoms with Gasteiger partial charge in [-0.25, -0.2) is 4.99 Å². The quantitative estimate of drug-likeness (QED) is 0.333. The molecule has 0 spiro atoms. The molecule has 0 unspecified atom stereocenters. The molecule has 0 radical (unpaired) electrons. The molecule has 0 aliphatic carbocycles. The van der Waals surface area contributed by atoms with Gasteiger partial charge in [-0.15, -0.1) is 0 Å². The lowest BCUT2D eigenvalue weighted by atomic mass is 10.2. The maximum Gasteiger partial charge on any atom is 0.0914 e. The highest BCUT2D eigenvalue weighted by molar-refractivity contribution is 6.30. The molecule has 0 aromatic heterocycles. The number of piperazine rings is 1. The van der Waals surface area contributed by atoms with Gasteiger partial charge in [-0.1, -0.05) is 23.7 Å². The molecular formula is C13H18ClN5. The highest BCUT2D eigenvalue weighted by Crippen LogP contribution is 2.17. The number of nitrogens with two attached hydrogens (primary N) is 1. The molecule has 2 rings (SSSR count). The highest BCUT2D eigenvalue weighted by atomic mass is 35.5. The van der Waals surface area contributed by atoms with Gasteiger partial charge in [-0.3, -0.25) is 5.84 Å². The van der Waals surface area contributed by atoms with Crippen molar-refractivity contribution in [3.63, 3.8) is 0 Å². The van der Waals surface area contributed by atoms with E-state index in [9.17, 15) is 0 Å². The van der Waals surface area contributed by atoms with Crippen LogP contribution in [0.15, 0.2) is 35.5 Å². The molecule has 1 aromatic rings. The number of nitrogens with zero attached hydrogens (tertiary/aromatic N) is 2. The minimum Gasteiger partial charge on any atom is -0.360 e. The zero-order valence-electron chi connectivity index (χ0n) is 10.6. The first-order valence-corrected chi connectivity index (χ1v) is 6.58. The van der Waals surface area contributed by atoms with E-state index in [1.165, 1.54) is 0 Å². The first kappa shape index (κ1) is 13.9. The molecule has 0 saturated carbocycles. The van der Waals surface area contributed by atoms with Crippen molar-refractivity contribution in [2.24, 2.45) is 10.8 Å². The van der Waals surface area contributed by atoms with Crippen LogP contribution in [0.4, 0.5) is 0 Å². The lowest BCUT2D eigenvalue weighted by Crippen LogP contribution is -2.42. The number of halogens is 1. The van der Waals surface area contributed by atoms with Crippen LogP contribution in [0.3, 0.4) is 0 Å². The second-order valence-corrected chi connectivity index (χ2v) is 4.67. The monoisotopic (exact) mass is 279 g/mol. The van der Waals surface area contributed by atoms with Crippen molar-refractivity contribution in [1.82, 2.24) is 15.6 Å². The topological polar surface area (TPSA) is 65.7 Å². The summed E-state index contributed by atoms with van der Waals surface area (Å²) in [5, 5.41) is 4.00. The Bertz CT molecular complexity index is 449. The van der Waals surface area contributed by atoms with Crippen LogP contribution in [-0.2, 0) is 0 Å². The van der Waals surface area contributed by atoms with Crippen molar-refractivity contribution in [1.29, 1.82) is 0 Å². The maximum atomic E-state index is 5.88. The predicted molar refractivity (Wildman–Crippen MR) is 79.7 cm³/mol. The smallest absolute Gasteiger partial charge is 0.0914 e. The second kappa shape index (κ2) is 7.13. The van der Waals surface area contributed by atoms with Crippen LogP contribution in [0.5, 0.6) is 0 Å². The molecule has 1 fully saturated rings. The Kier molecular flexibility index (Phi) is 5.20. The third-order valence-corrected chi connectivity index (χ3v) is 3.12. The molecule has 6 heteroatoms. The summed E-state index contributed by atoms with van der Waals surface area (Å²) in [7, 11) is 0. The van der Waals surface area contributed by atoms with E-state index in [0.29, 0.717) is 5.02 Å². The van der Waals surface area contributed by atoms with Gasteiger partial charge in [0.15, 0.2) is 0 Å². The fraction of sp³-hybridized carbons (Fsp3) is 0.308. The number of nitrogens with one attached hydrogen (secondary N) is 2. The Labute approximate surface area is 118 Å². The van der Waals surface area contributed by atoms with Crippen molar-refractivity contribution in [3.05, 3.63) is 41.1 Å². The fourth-order valence-electron chi connectivity index (χ4n) is 1.84. The van der Waals surface area contributed by atoms with Gasteiger partial charge in [-0.05, 0) is 12.1 Å². The summed E-state index contributed by atoms with van der Waals surface area (Å²) in [5.74, 6) is 5.36. The number of hydrogen-bond acceptors (Lipinski definition) is 4. The molecule has 4 N–H and O–H groups in total. The first-order valence-electron chi connectivity index (χ1n) is 6.21. The Morgan fingerprint density at radius 2 is 2.00 bits per heavy atom. The van der Waals surface area contributed by atoms with Gasteiger partial charge < -0.3 is 15.6 Å². The molecule has 0 atom stereocenters. The van der Waals surface area contributed by atoms with Gasteiger partial charge in [0.25, 0.3) is 0 Å². The molecule has 5 nitrogen and oxygen atoms in total. The standard InChI is InChI=1S/C13H18ClN5/c14-12-3-1-11(2-4-12)13(9-18-15)17-10-19-7-5-16-6-8-19/h1-4,9-10,16,18H,5-8,15H2/b13-9-,17-10+. The molecule has 1 saturated heterocycles. The van der Waals surface area contributed by atoms with Crippen LogP contribution < -0.4 is 16.6 Å². The summed E-state index contributed by atoms with van der Waals surface area (Å²) >= 11 is 5.88. The van der Waals surface area contributed by atoms with E-state index < -0.39 is 0 Å². The largest absolute Gasteiger partial charge is 0.360 e. The van der Waals surface area contributed by atoms with Crippen molar-refractivity contribution in [2.75, 3.05) is 26.2 Å². The Morgan fingerprint density at radius 1 is 1.32 bits per heavy atom. The minimum atomic E-state index is 0.704. The van der Waals surface area contributed by atoms with Crippen LogP contribution in [0.1, 0.15) is 5.56 Å². The van der Waals surface area contributed by atoms with E-state index in [1.54, 1.807) is 6.20 Å².